The molecule has 0 saturated heterocycles. The zero-order valence-electron chi connectivity index (χ0n) is 49.1. The molecule has 13 rings (SSSR count). The third-order valence-corrected chi connectivity index (χ3v) is 21.0. The zero-order chi connectivity index (χ0) is 53.4. The van der Waals surface area contributed by atoms with Gasteiger partial charge in [0.15, 0.2) is 0 Å². The molecule has 392 valence electrons. The van der Waals surface area contributed by atoms with Gasteiger partial charge in [-0.25, -0.2) is 0 Å². The van der Waals surface area contributed by atoms with Gasteiger partial charge in [0.1, 0.15) is 5.58 Å². The molecule has 0 amide bonds. The molecule has 0 unspecified atom stereocenters. The van der Waals surface area contributed by atoms with E-state index in [9.17, 15) is 0 Å². The van der Waals surface area contributed by atoms with Crippen LogP contribution < -0.4 is 26.4 Å². The van der Waals surface area contributed by atoms with E-state index in [-0.39, 0.29) is 44.6 Å². The van der Waals surface area contributed by atoms with Gasteiger partial charge in [-0.2, -0.15) is 0 Å². The third-order valence-electron chi connectivity index (χ3n) is 21.0. The van der Waals surface area contributed by atoms with Crippen molar-refractivity contribution in [3.8, 4) is 11.1 Å². The molecule has 76 heavy (non-hydrogen) atoms. The number of hydrogen-bond donors (Lipinski definition) is 0. The zero-order valence-corrected chi connectivity index (χ0v) is 49.1. The van der Waals surface area contributed by atoms with Crippen molar-refractivity contribution < 1.29 is 4.42 Å². The van der Waals surface area contributed by atoms with E-state index in [1.54, 1.807) is 0 Å². The highest BCUT2D eigenvalue weighted by atomic mass is 16.3. The number of furan rings is 1. The second-order valence-electron chi connectivity index (χ2n) is 30.0. The maximum Gasteiger partial charge on any atom is 0.297 e. The summed E-state index contributed by atoms with van der Waals surface area (Å²) in [7, 11) is 0. The molecule has 2 aliphatic heterocycles. The first kappa shape index (κ1) is 50.1. The molecular formula is C72H85BN2O. The summed E-state index contributed by atoms with van der Waals surface area (Å²) in [5, 5.41) is 1.24. The summed E-state index contributed by atoms with van der Waals surface area (Å²) in [6.45, 7) is 36.8. The fourth-order valence-electron chi connectivity index (χ4n) is 15.6. The summed E-state index contributed by atoms with van der Waals surface area (Å²) in [4.78, 5) is 5.51. The SMILES string of the molecule is CC(C)(C)c1ccc2c(c1)N(c1cc3c(cc1-c1ccccc1)C(C)(C)CCC3(C)C)c1cc(C3CCCCC3)cc3c1B2c1oc2cc4c(cc2c1N3c1ccc2c(c1)C(C)(C)CCC2(C)C)C(C)(C)CCC4(C)C. The highest BCUT2D eigenvalue weighted by molar-refractivity contribution is 7.00. The molecule has 1 fully saturated rings. The number of hydrogen-bond acceptors (Lipinski definition) is 3. The maximum atomic E-state index is 7.81. The van der Waals surface area contributed by atoms with Crippen molar-refractivity contribution >= 4 is 68.4 Å². The van der Waals surface area contributed by atoms with E-state index in [1.165, 1.54) is 164 Å². The molecule has 6 aromatic carbocycles. The van der Waals surface area contributed by atoms with E-state index in [2.05, 4.69) is 217 Å². The highest BCUT2D eigenvalue weighted by Gasteiger charge is 2.50. The quantitative estimate of drug-likeness (QED) is 0.164. The summed E-state index contributed by atoms with van der Waals surface area (Å²) in [6.07, 6.45) is 13.4. The van der Waals surface area contributed by atoms with Crippen LogP contribution in [0.2, 0.25) is 0 Å². The predicted molar refractivity (Wildman–Crippen MR) is 326 cm³/mol. The van der Waals surface area contributed by atoms with Gasteiger partial charge in [0, 0.05) is 33.7 Å². The first-order chi connectivity index (χ1) is 35.8. The Kier molecular flexibility index (Phi) is 10.9. The van der Waals surface area contributed by atoms with Gasteiger partial charge in [-0.05, 0) is 211 Å². The van der Waals surface area contributed by atoms with Crippen molar-refractivity contribution in [3.63, 3.8) is 0 Å². The largest absolute Gasteiger partial charge is 0.468 e. The van der Waals surface area contributed by atoms with Crippen molar-refractivity contribution in [2.45, 2.75) is 218 Å². The van der Waals surface area contributed by atoms with Gasteiger partial charge in [0.05, 0.1) is 17.0 Å². The van der Waals surface area contributed by atoms with E-state index >= 15 is 0 Å². The van der Waals surface area contributed by atoms with E-state index in [0.29, 0.717) is 5.92 Å². The van der Waals surface area contributed by atoms with Gasteiger partial charge >= 0.3 is 0 Å². The summed E-state index contributed by atoms with van der Waals surface area (Å²) >= 11 is 0. The number of benzene rings is 6. The molecule has 3 nitrogen and oxygen atoms in total. The first-order valence-corrected chi connectivity index (χ1v) is 29.7. The van der Waals surface area contributed by atoms with Crippen LogP contribution in [0, 0.1) is 0 Å². The Balaban J connectivity index is 1.19. The molecule has 0 spiro atoms. The minimum atomic E-state index is -0.122. The molecule has 7 aromatic rings. The maximum absolute atomic E-state index is 7.81. The topological polar surface area (TPSA) is 19.6 Å². The second-order valence-corrected chi connectivity index (χ2v) is 30.0. The van der Waals surface area contributed by atoms with Crippen LogP contribution in [0.5, 0.6) is 0 Å². The molecular weight excluding hydrogens is 920 g/mol. The average molecular weight is 1010 g/mol. The second kappa shape index (κ2) is 16.5. The molecule has 4 aliphatic carbocycles. The van der Waals surface area contributed by atoms with Crippen molar-refractivity contribution in [3.05, 3.63) is 148 Å². The molecule has 0 atom stereocenters. The van der Waals surface area contributed by atoms with Crippen LogP contribution in [0.15, 0.2) is 108 Å². The normalized spacial score (nSPS) is 21.3. The Hall–Kier alpha value is -5.48. The minimum Gasteiger partial charge on any atom is -0.468 e. The molecule has 1 aromatic heterocycles. The number of nitrogens with zero attached hydrogens (tertiary/aromatic N) is 2. The lowest BCUT2D eigenvalue weighted by Gasteiger charge is -2.46. The fraction of sp³-hybridized carbons (Fsp3) is 0.472. The summed E-state index contributed by atoms with van der Waals surface area (Å²) in [5.41, 5.74) is 27.0. The van der Waals surface area contributed by atoms with Gasteiger partial charge in [0.25, 0.3) is 6.71 Å². The molecule has 0 N–H and O–H groups in total. The van der Waals surface area contributed by atoms with Gasteiger partial charge in [0.2, 0.25) is 0 Å². The van der Waals surface area contributed by atoms with Gasteiger partial charge in [-0.15, -0.1) is 0 Å². The van der Waals surface area contributed by atoms with Crippen LogP contribution in [-0.2, 0) is 37.9 Å². The molecule has 0 bridgehead atoms. The summed E-state index contributed by atoms with van der Waals surface area (Å²) < 4.78 is 7.81. The number of fused-ring (bicyclic) bond motifs is 9. The van der Waals surface area contributed by atoms with Crippen LogP contribution in [0.4, 0.5) is 34.1 Å². The lowest BCUT2D eigenvalue weighted by molar-refractivity contribution is 0.332. The van der Waals surface area contributed by atoms with Crippen LogP contribution >= 0.6 is 0 Å². The van der Waals surface area contributed by atoms with Crippen LogP contribution in [0.25, 0.3) is 22.1 Å². The van der Waals surface area contributed by atoms with Crippen molar-refractivity contribution in [1.82, 2.24) is 0 Å². The van der Waals surface area contributed by atoms with Gasteiger partial charge < -0.3 is 14.2 Å². The van der Waals surface area contributed by atoms with Crippen LogP contribution in [-0.4, -0.2) is 6.71 Å². The van der Waals surface area contributed by atoms with Crippen molar-refractivity contribution in [1.29, 1.82) is 0 Å². The van der Waals surface area contributed by atoms with E-state index in [4.69, 9.17) is 4.42 Å². The Bertz CT molecular complexity index is 3530. The third kappa shape index (κ3) is 7.54. The summed E-state index contributed by atoms with van der Waals surface area (Å²) in [5.74, 6) is 0.484. The minimum absolute atomic E-state index is 0.0175. The molecule has 1 saturated carbocycles. The molecule has 4 heteroatoms. The molecule has 0 radical (unpaired) electrons. The molecule has 6 aliphatic rings. The van der Waals surface area contributed by atoms with Crippen molar-refractivity contribution in [2.24, 2.45) is 0 Å². The number of rotatable bonds is 4. The van der Waals surface area contributed by atoms with E-state index < -0.39 is 0 Å². The lowest BCUT2D eigenvalue weighted by atomic mass is 9.35. The van der Waals surface area contributed by atoms with E-state index in [0.717, 1.165) is 24.1 Å². The smallest absolute Gasteiger partial charge is 0.297 e. The molecule has 3 heterocycles. The Morgan fingerprint density at radius 1 is 0.487 bits per heavy atom. The monoisotopic (exact) mass is 1000 g/mol. The van der Waals surface area contributed by atoms with Crippen molar-refractivity contribution in [2.75, 3.05) is 9.80 Å². The Labute approximate surface area is 457 Å². The standard InChI is InChI=1S/C72H85BN2O/c1-66(2,3)47-26-29-57-59(38-47)75(58-42-55-53(69(8,9)32-34-71(55,12)13)40-49(58)45-24-20-17-21-25-45)61-37-46(44-22-18-16-19-23-44)36-60-63(61)73(57)65-64(50-41-54-56(43-62(50)76-65)72(14,15)35-33-70(54,10)11)74(60)48-27-28-51-52(39-48)68(6,7)31-30-67(51,4)5/h17,20-21,24-29,36-44H,16,18-19,22-23,30-35H2,1-15H3. The van der Waals surface area contributed by atoms with E-state index in [1.807, 2.05) is 0 Å². The number of anilines is 6. The summed E-state index contributed by atoms with van der Waals surface area (Å²) in [6, 6.07) is 42.3. The van der Waals surface area contributed by atoms with Gasteiger partial charge in [-0.3, -0.25) is 0 Å². The van der Waals surface area contributed by atoms with Crippen LogP contribution in [0.1, 0.15) is 225 Å². The van der Waals surface area contributed by atoms with Crippen LogP contribution in [0.3, 0.4) is 0 Å². The average Bonchev–Trinajstić information content (AvgIpc) is 3.85. The highest BCUT2D eigenvalue weighted by Crippen LogP contribution is 2.57. The first-order valence-electron chi connectivity index (χ1n) is 29.7. The predicted octanol–water partition coefficient (Wildman–Crippen LogP) is 18.6. The Morgan fingerprint density at radius 2 is 1.03 bits per heavy atom. The fourth-order valence-corrected chi connectivity index (χ4v) is 15.6. The van der Waals surface area contributed by atoms with Gasteiger partial charge in [-0.1, -0.05) is 172 Å². The lowest BCUT2D eigenvalue weighted by Crippen LogP contribution is -2.61. The Morgan fingerprint density at radius 3 is 1.63 bits per heavy atom.